The highest BCUT2D eigenvalue weighted by Crippen LogP contribution is 2.46. The summed E-state index contributed by atoms with van der Waals surface area (Å²) < 4.78 is 11.9. The molecule has 1 aliphatic heterocycles. The first-order valence-electron chi connectivity index (χ1n) is 9.66. The van der Waals surface area contributed by atoms with Gasteiger partial charge in [-0.1, -0.05) is 51.1 Å². The lowest BCUT2D eigenvalue weighted by Crippen LogP contribution is -2.72. The van der Waals surface area contributed by atoms with Crippen LogP contribution >= 0.6 is 0 Å². The van der Waals surface area contributed by atoms with Crippen LogP contribution in [0.3, 0.4) is 0 Å². The van der Waals surface area contributed by atoms with Crippen molar-refractivity contribution >= 4 is 20.9 Å². The van der Waals surface area contributed by atoms with Crippen molar-refractivity contribution in [2.24, 2.45) is 17.3 Å². The first-order chi connectivity index (χ1) is 12.5. The van der Waals surface area contributed by atoms with Gasteiger partial charge in [0.25, 0.3) is 0 Å². The molecule has 1 N–H and O–H groups in total. The van der Waals surface area contributed by atoms with Crippen molar-refractivity contribution in [3.8, 4) is 0 Å². The SMILES string of the molecule is C[C@H](C(=O)OCc1ccccc1)[C@H]1NC(=O)[C@@H]1[C@@](C)(O[SiH](C)C)C(C)(C)C. The summed E-state index contributed by atoms with van der Waals surface area (Å²) in [6.45, 7) is 14.5. The Bertz CT molecular complexity index is 671. The molecule has 1 aliphatic rings. The van der Waals surface area contributed by atoms with Gasteiger partial charge in [-0.25, -0.2) is 0 Å². The molecule has 1 heterocycles. The van der Waals surface area contributed by atoms with Gasteiger partial charge in [0, 0.05) is 0 Å². The van der Waals surface area contributed by atoms with Gasteiger partial charge in [0.2, 0.25) is 5.91 Å². The average Bonchev–Trinajstić information content (AvgIpc) is 2.55. The highest BCUT2D eigenvalue weighted by Gasteiger charge is 2.59. The number of hydrogen-bond acceptors (Lipinski definition) is 4. The number of carbonyl (C=O) groups is 2. The van der Waals surface area contributed by atoms with Gasteiger partial charge in [-0.2, -0.15) is 0 Å². The topological polar surface area (TPSA) is 64.6 Å². The third-order valence-electron chi connectivity index (χ3n) is 5.65. The predicted octanol–water partition coefficient (Wildman–Crippen LogP) is 3.29. The second kappa shape index (κ2) is 8.15. The average molecular weight is 392 g/mol. The first-order valence-corrected chi connectivity index (χ1v) is 12.4. The largest absolute Gasteiger partial charge is 0.461 e. The molecule has 1 fully saturated rings. The molecule has 1 aromatic carbocycles. The van der Waals surface area contributed by atoms with Gasteiger partial charge in [-0.15, -0.1) is 0 Å². The highest BCUT2D eigenvalue weighted by atomic mass is 28.3. The number of benzene rings is 1. The van der Waals surface area contributed by atoms with E-state index in [0.717, 1.165) is 5.56 Å². The van der Waals surface area contributed by atoms with E-state index < -0.39 is 20.6 Å². The summed E-state index contributed by atoms with van der Waals surface area (Å²) in [7, 11) is -1.39. The van der Waals surface area contributed by atoms with E-state index in [4.69, 9.17) is 9.16 Å². The van der Waals surface area contributed by atoms with Crippen molar-refractivity contribution in [1.29, 1.82) is 0 Å². The van der Waals surface area contributed by atoms with Gasteiger partial charge in [0.1, 0.15) is 6.61 Å². The lowest BCUT2D eigenvalue weighted by Gasteiger charge is -2.55. The van der Waals surface area contributed by atoms with E-state index in [-0.39, 0.29) is 35.9 Å². The number of β-lactam (4-membered cyclic amide) rings is 1. The maximum atomic E-state index is 12.6. The fraction of sp³-hybridized carbons (Fsp3) is 0.619. The number of hydrogen-bond donors (Lipinski definition) is 1. The summed E-state index contributed by atoms with van der Waals surface area (Å²) in [5.74, 6) is -1.15. The maximum absolute atomic E-state index is 12.6. The number of esters is 1. The molecule has 1 saturated heterocycles. The third-order valence-corrected chi connectivity index (χ3v) is 6.61. The molecular weight excluding hydrogens is 358 g/mol. The van der Waals surface area contributed by atoms with Gasteiger partial charge >= 0.3 is 5.97 Å². The van der Waals surface area contributed by atoms with E-state index in [1.165, 1.54) is 0 Å². The van der Waals surface area contributed by atoms with Gasteiger partial charge in [0.05, 0.1) is 23.5 Å². The molecule has 0 spiro atoms. The lowest BCUT2D eigenvalue weighted by atomic mass is 9.62. The zero-order valence-corrected chi connectivity index (χ0v) is 18.7. The fourth-order valence-electron chi connectivity index (χ4n) is 3.62. The molecule has 150 valence electrons. The molecule has 0 unspecified atom stereocenters. The second-order valence-corrected chi connectivity index (χ2v) is 11.3. The molecule has 0 bridgehead atoms. The predicted molar refractivity (Wildman–Crippen MR) is 109 cm³/mol. The third kappa shape index (κ3) is 4.61. The normalized spacial score (nSPS) is 23.2. The summed E-state index contributed by atoms with van der Waals surface area (Å²) in [5.41, 5.74) is 0.0772. The fourth-order valence-corrected chi connectivity index (χ4v) is 5.10. The van der Waals surface area contributed by atoms with E-state index >= 15 is 0 Å². The zero-order chi connectivity index (χ0) is 20.4. The van der Waals surface area contributed by atoms with Gasteiger partial charge in [0.15, 0.2) is 9.04 Å². The standard InChI is InChI=1S/C21H33NO4Si/c1-14(19(24)25-13-15-11-9-8-10-12-15)17-16(18(23)22-17)21(5,20(2,3)4)26-27(6)7/h8-12,14,16-17,27H,13H2,1-7H3,(H,22,23)/t14-,16+,17+,21+/m0/s1. The Kier molecular flexibility index (Phi) is 6.53. The first kappa shape index (κ1) is 21.6. The van der Waals surface area contributed by atoms with Crippen LogP contribution in [-0.4, -0.2) is 32.6 Å². The monoisotopic (exact) mass is 391 g/mol. The van der Waals surface area contributed by atoms with E-state index in [1.807, 2.05) is 44.2 Å². The van der Waals surface area contributed by atoms with Gasteiger partial charge in [-0.3, -0.25) is 9.59 Å². The van der Waals surface area contributed by atoms with Crippen LogP contribution in [0.2, 0.25) is 13.1 Å². The molecule has 1 aromatic rings. The minimum absolute atomic E-state index is 0.0465. The summed E-state index contributed by atoms with van der Waals surface area (Å²) in [6.07, 6.45) is 0. The Balaban J connectivity index is 2.12. The Hall–Kier alpha value is -1.66. The van der Waals surface area contributed by atoms with Crippen LogP contribution in [0, 0.1) is 17.3 Å². The smallest absolute Gasteiger partial charge is 0.311 e. The number of rotatable bonds is 7. The van der Waals surface area contributed by atoms with Crippen LogP contribution in [-0.2, 0) is 25.4 Å². The molecule has 4 atom stereocenters. The molecule has 2 rings (SSSR count). The lowest BCUT2D eigenvalue weighted by molar-refractivity contribution is -0.169. The minimum Gasteiger partial charge on any atom is -0.461 e. The van der Waals surface area contributed by atoms with Crippen molar-refractivity contribution in [3.05, 3.63) is 35.9 Å². The summed E-state index contributed by atoms with van der Waals surface area (Å²) in [6, 6.07) is 9.31. The van der Waals surface area contributed by atoms with Crippen LogP contribution in [0.5, 0.6) is 0 Å². The number of ether oxygens (including phenoxy) is 1. The zero-order valence-electron chi connectivity index (χ0n) is 17.5. The Morgan fingerprint density at radius 2 is 1.78 bits per heavy atom. The van der Waals surface area contributed by atoms with Crippen LogP contribution in [0.1, 0.15) is 40.2 Å². The van der Waals surface area contributed by atoms with E-state index in [2.05, 4.69) is 39.2 Å². The van der Waals surface area contributed by atoms with Gasteiger partial charge < -0.3 is 14.5 Å². The molecule has 0 saturated carbocycles. The molecule has 0 aliphatic carbocycles. The Morgan fingerprint density at radius 3 is 2.26 bits per heavy atom. The van der Waals surface area contributed by atoms with E-state index in [1.54, 1.807) is 0 Å². The van der Waals surface area contributed by atoms with Crippen molar-refractivity contribution in [2.75, 3.05) is 0 Å². The maximum Gasteiger partial charge on any atom is 0.311 e. The van der Waals surface area contributed by atoms with Crippen LogP contribution in [0.15, 0.2) is 30.3 Å². The molecule has 6 heteroatoms. The van der Waals surface area contributed by atoms with Gasteiger partial charge in [-0.05, 0) is 37.9 Å². The summed E-state index contributed by atoms with van der Waals surface area (Å²) >= 11 is 0. The van der Waals surface area contributed by atoms with Crippen LogP contribution in [0.4, 0.5) is 0 Å². The number of nitrogens with one attached hydrogen (secondary N) is 1. The Labute approximate surface area is 164 Å². The van der Waals surface area contributed by atoms with Crippen molar-refractivity contribution in [3.63, 3.8) is 0 Å². The highest BCUT2D eigenvalue weighted by molar-refractivity contribution is 6.48. The summed E-state index contributed by atoms with van der Waals surface area (Å²) in [4.78, 5) is 25.1. The van der Waals surface area contributed by atoms with Crippen molar-refractivity contribution < 1.29 is 18.8 Å². The molecular formula is C21H33NO4Si. The number of amides is 1. The summed E-state index contributed by atoms with van der Waals surface area (Å²) in [5, 5.41) is 2.92. The molecule has 0 aromatic heterocycles. The second-order valence-electron chi connectivity index (χ2n) is 8.92. The van der Waals surface area contributed by atoms with E-state index in [0.29, 0.717) is 0 Å². The minimum atomic E-state index is -1.39. The molecule has 27 heavy (non-hydrogen) atoms. The molecule has 0 radical (unpaired) electrons. The Morgan fingerprint density at radius 1 is 1.19 bits per heavy atom. The number of carbonyl (C=O) groups excluding carboxylic acids is 2. The van der Waals surface area contributed by atoms with Crippen molar-refractivity contribution in [1.82, 2.24) is 5.32 Å². The van der Waals surface area contributed by atoms with Crippen LogP contribution < -0.4 is 5.32 Å². The van der Waals surface area contributed by atoms with E-state index in [9.17, 15) is 9.59 Å². The van der Waals surface area contributed by atoms with Crippen molar-refractivity contribution in [2.45, 2.75) is 66.0 Å². The quantitative estimate of drug-likeness (QED) is 0.440. The van der Waals surface area contributed by atoms with Crippen LogP contribution in [0.25, 0.3) is 0 Å². The molecule has 5 nitrogen and oxygen atoms in total. The molecule has 1 amide bonds.